The molecule has 3 aromatic rings. The Bertz CT molecular complexity index is 997. The average Bonchev–Trinajstić information content (AvgIpc) is 2.81. The normalized spacial score (nSPS) is 10.0. The Morgan fingerprint density at radius 2 is 1.70 bits per heavy atom. The minimum Gasteiger partial charge on any atom is -0.497 e. The van der Waals surface area contributed by atoms with E-state index in [1.165, 1.54) is 0 Å². The third-order valence-electron chi connectivity index (χ3n) is 4.05. The quantitative estimate of drug-likeness (QED) is 0.546. The van der Waals surface area contributed by atoms with Gasteiger partial charge in [-0.1, -0.05) is 0 Å². The van der Waals surface area contributed by atoms with Crippen LogP contribution in [0.5, 0.6) is 17.4 Å². The Morgan fingerprint density at radius 1 is 0.967 bits per heavy atom. The number of hydrogen-bond acceptors (Lipinski definition) is 7. The Balaban J connectivity index is 1.37. The van der Waals surface area contributed by atoms with Crippen LogP contribution < -0.4 is 19.5 Å². The molecular formula is C22H20N4O4. The van der Waals surface area contributed by atoms with Crippen LogP contribution in [-0.2, 0) is 4.79 Å². The molecule has 0 aliphatic rings. The van der Waals surface area contributed by atoms with Crippen molar-refractivity contribution in [2.45, 2.75) is 0 Å². The number of carbonyl (C=O) groups is 1. The lowest BCUT2D eigenvalue weighted by Crippen LogP contribution is -2.32. The molecule has 0 atom stereocenters. The first-order valence-electron chi connectivity index (χ1n) is 9.18. The second-order valence-corrected chi connectivity index (χ2v) is 6.11. The van der Waals surface area contributed by atoms with E-state index in [-0.39, 0.29) is 19.1 Å². The number of benzene rings is 2. The monoisotopic (exact) mass is 404 g/mol. The highest BCUT2D eigenvalue weighted by molar-refractivity contribution is 5.77. The van der Waals surface area contributed by atoms with Crippen molar-refractivity contribution in [2.75, 3.05) is 26.9 Å². The molecule has 8 heteroatoms. The fraction of sp³-hybridized carbons (Fsp3) is 0.182. The molecule has 1 N–H and O–H groups in total. The highest BCUT2D eigenvalue weighted by Gasteiger charge is 2.05. The summed E-state index contributed by atoms with van der Waals surface area (Å²) >= 11 is 0. The summed E-state index contributed by atoms with van der Waals surface area (Å²) in [4.78, 5) is 11.8. The molecule has 152 valence electrons. The maximum Gasteiger partial charge on any atom is 0.258 e. The SMILES string of the molecule is COc1ccc(-c2ccc(OCCNC(=O)COc3ccc(C#N)cc3)nn2)cc1. The molecular weight excluding hydrogens is 384 g/mol. The molecule has 0 unspecified atom stereocenters. The summed E-state index contributed by atoms with van der Waals surface area (Å²) in [5.74, 6) is 1.39. The lowest BCUT2D eigenvalue weighted by Gasteiger charge is -2.08. The molecule has 30 heavy (non-hydrogen) atoms. The fourth-order valence-corrected chi connectivity index (χ4v) is 2.48. The number of ether oxygens (including phenoxy) is 3. The summed E-state index contributed by atoms with van der Waals surface area (Å²) in [5, 5.41) is 19.6. The van der Waals surface area contributed by atoms with Crippen molar-refractivity contribution in [2.24, 2.45) is 0 Å². The van der Waals surface area contributed by atoms with Crippen molar-refractivity contribution in [3.63, 3.8) is 0 Å². The predicted octanol–water partition coefficient (Wildman–Crippen LogP) is 2.60. The highest BCUT2D eigenvalue weighted by atomic mass is 16.5. The van der Waals surface area contributed by atoms with Gasteiger partial charge in [0.05, 0.1) is 31.0 Å². The predicted molar refractivity (Wildman–Crippen MR) is 109 cm³/mol. The standard InChI is InChI=1S/C22H20N4O4/c1-28-18-8-4-17(5-9-18)20-10-11-22(26-25-20)29-13-12-24-21(27)15-30-19-6-2-16(14-23)3-7-19/h2-11H,12-13,15H2,1H3,(H,24,27). The zero-order valence-electron chi connectivity index (χ0n) is 16.4. The van der Waals surface area contributed by atoms with Crippen molar-refractivity contribution in [1.29, 1.82) is 5.26 Å². The zero-order valence-corrected chi connectivity index (χ0v) is 16.4. The number of rotatable bonds is 9. The van der Waals surface area contributed by atoms with Gasteiger partial charge in [0, 0.05) is 11.6 Å². The van der Waals surface area contributed by atoms with Crippen molar-refractivity contribution in [3.05, 3.63) is 66.2 Å². The number of nitriles is 1. The lowest BCUT2D eigenvalue weighted by molar-refractivity contribution is -0.123. The maximum atomic E-state index is 11.8. The Hall–Kier alpha value is -4.12. The molecule has 0 saturated heterocycles. The Kier molecular flexibility index (Phi) is 7.17. The van der Waals surface area contributed by atoms with Crippen LogP contribution in [0.4, 0.5) is 0 Å². The molecule has 3 rings (SSSR count). The topological polar surface area (TPSA) is 106 Å². The van der Waals surface area contributed by atoms with Crippen molar-refractivity contribution in [1.82, 2.24) is 15.5 Å². The van der Waals surface area contributed by atoms with Crippen LogP contribution in [0.25, 0.3) is 11.3 Å². The van der Waals surface area contributed by atoms with Gasteiger partial charge in [-0.25, -0.2) is 0 Å². The van der Waals surface area contributed by atoms with Crippen LogP contribution in [0.3, 0.4) is 0 Å². The van der Waals surface area contributed by atoms with E-state index in [4.69, 9.17) is 19.5 Å². The summed E-state index contributed by atoms with van der Waals surface area (Å²) in [7, 11) is 1.62. The third kappa shape index (κ3) is 5.94. The Morgan fingerprint density at radius 3 is 2.33 bits per heavy atom. The molecule has 0 radical (unpaired) electrons. The van der Waals surface area contributed by atoms with Gasteiger partial charge in [0.2, 0.25) is 5.88 Å². The minimum absolute atomic E-state index is 0.123. The molecule has 8 nitrogen and oxygen atoms in total. The minimum atomic E-state index is -0.274. The van der Waals surface area contributed by atoms with E-state index in [2.05, 4.69) is 15.5 Å². The van der Waals surface area contributed by atoms with Crippen LogP contribution in [0.1, 0.15) is 5.56 Å². The summed E-state index contributed by atoms with van der Waals surface area (Å²) in [5.41, 5.74) is 2.17. The van der Waals surface area contributed by atoms with Gasteiger partial charge in [-0.2, -0.15) is 5.26 Å². The summed E-state index contributed by atoms with van der Waals surface area (Å²) in [6, 6.07) is 19.6. The van der Waals surface area contributed by atoms with Crippen molar-refractivity contribution >= 4 is 5.91 Å². The van der Waals surface area contributed by atoms with Gasteiger partial charge in [-0.05, 0) is 54.6 Å². The van der Waals surface area contributed by atoms with Crippen LogP contribution in [0, 0.1) is 11.3 Å². The van der Waals surface area contributed by atoms with Crippen LogP contribution in [0.15, 0.2) is 60.7 Å². The smallest absolute Gasteiger partial charge is 0.258 e. The molecule has 0 aliphatic heterocycles. The highest BCUT2D eigenvalue weighted by Crippen LogP contribution is 2.21. The second-order valence-electron chi connectivity index (χ2n) is 6.11. The van der Waals surface area contributed by atoms with Gasteiger partial charge in [-0.3, -0.25) is 4.79 Å². The number of methoxy groups -OCH3 is 1. The first kappa shape index (κ1) is 20.6. The number of nitrogens with zero attached hydrogens (tertiary/aromatic N) is 3. The van der Waals surface area contributed by atoms with Crippen LogP contribution in [0.2, 0.25) is 0 Å². The van der Waals surface area contributed by atoms with Gasteiger partial charge >= 0.3 is 0 Å². The van der Waals surface area contributed by atoms with Gasteiger partial charge in [0.1, 0.15) is 18.1 Å². The molecule has 0 spiro atoms. The summed E-state index contributed by atoms with van der Waals surface area (Å²) < 4.78 is 16.0. The molecule has 0 bridgehead atoms. The molecule has 2 aromatic carbocycles. The van der Waals surface area contributed by atoms with Gasteiger partial charge in [0.15, 0.2) is 6.61 Å². The maximum absolute atomic E-state index is 11.8. The van der Waals surface area contributed by atoms with Crippen LogP contribution >= 0.6 is 0 Å². The number of aromatic nitrogens is 2. The first-order valence-corrected chi connectivity index (χ1v) is 9.18. The summed E-state index contributed by atoms with van der Waals surface area (Å²) in [6.45, 7) is 0.429. The second kappa shape index (κ2) is 10.4. The van der Waals surface area contributed by atoms with E-state index >= 15 is 0 Å². The lowest BCUT2D eigenvalue weighted by atomic mass is 10.1. The van der Waals surface area contributed by atoms with Crippen molar-refractivity contribution < 1.29 is 19.0 Å². The molecule has 0 aliphatic carbocycles. The van der Waals surface area contributed by atoms with Gasteiger partial charge in [-0.15, -0.1) is 10.2 Å². The number of amides is 1. The Labute approximate surface area is 174 Å². The van der Waals surface area contributed by atoms with Gasteiger partial charge < -0.3 is 19.5 Å². The van der Waals surface area contributed by atoms with E-state index in [0.717, 1.165) is 17.0 Å². The fourth-order valence-electron chi connectivity index (χ4n) is 2.48. The molecule has 0 fully saturated rings. The number of carbonyl (C=O) groups excluding carboxylic acids is 1. The zero-order chi connectivity index (χ0) is 21.2. The van der Waals surface area contributed by atoms with E-state index in [1.807, 2.05) is 36.4 Å². The third-order valence-corrected chi connectivity index (χ3v) is 4.05. The molecule has 1 heterocycles. The van der Waals surface area contributed by atoms with E-state index in [9.17, 15) is 4.79 Å². The first-order chi connectivity index (χ1) is 14.7. The number of hydrogen-bond donors (Lipinski definition) is 1. The molecule has 0 saturated carbocycles. The average molecular weight is 404 g/mol. The summed E-state index contributed by atoms with van der Waals surface area (Å²) in [6.07, 6.45) is 0. The van der Waals surface area contributed by atoms with Crippen LogP contribution in [-0.4, -0.2) is 43.0 Å². The van der Waals surface area contributed by atoms with E-state index in [1.54, 1.807) is 37.4 Å². The number of nitrogens with one attached hydrogen (secondary N) is 1. The van der Waals surface area contributed by atoms with Crippen molar-refractivity contribution in [3.8, 4) is 34.7 Å². The van der Waals surface area contributed by atoms with E-state index < -0.39 is 0 Å². The largest absolute Gasteiger partial charge is 0.497 e. The van der Waals surface area contributed by atoms with E-state index in [0.29, 0.717) is 23.7 Å². The molecule has 1 aromatic heterocycles. The molecule has 1 amide bonds. The van der Waals surface area contributed by atoms with Gasteiger partial charge in [0.25, 0.3) is 5.91 Å².